The van der Waals surface area contributed by atoms with Crippen LogP contribution in [0.5, 0.6) is 5.75 Å². The first-order chi connectivity index (χ1) is 12.7. The minimum absolute atomic E-state index is 0.145. The maximum Gasteiger partial charge on any atom is 0.284 e. The van der Waals surface area contributed by atoms with E-state index in [1.165, 1.54) is 12.8 Å². The number of aliphatic imine (C=N–C) groups is 1. The Hall–Kier alpha value is -2.96. The molecule has 0 aliphatic heterocycles. The normalized spacial score (nSPS) is 14.1. The second kappa shape index (κ2) is 8.42. The molecule has 0 bridgehead atoms. The Kier molecular flexibility index (Phi) is 5.78. The molecular weight excluding hydrogens is 332 g/mol. The van der Waals surface area contributed by atoms with Crippen LogP contribution >= 0.6 is 0 Å². The summed E-state index contributed by atoms with van der Waals surface area (Å²) in [4.78, 5) is 15.3. The first kappa shape index (κ1) is 17.8. The molecule has 1 aromatic carbocycles. The van der Waals surface area contributed by atoms with Crippen LogP contribution in [0.1, 0.15) is 34.7 Å². The zero-order valence-electron chi connectivity index (χ0n) is 14.8. The maximum atomic E-state index is 11.1. The van der Waals surface area contributed by atoms with Crippen molar-refractivity contribution in [1.29, 1.82) is 0 Å². The van der Waals surface area contributed by atoms with Crippen molar-refractivity contribution < 1.29 is 13.9 Å². The summed E-state index contributed by atoms with van der Waals surface area (Å²) < 4.78 is 11.3. The molecule has 0 spiro atoms. The van der Waals surface area contributed by atoms with E-state index in [1.807, 2.05) is 24.3 Å². The fourth-order valence-corrected chi connectivity index (χ4v) is 2.46. The number of furan rings is 1. The van der Waals surface area contributed by atoms with E-state index in [2.05, 4.69) is 15.6 Å². The lowest BCUT2D eigenvalue weighted by atomic mass is 10.2. The quantitative estimate of drug-likeness (QED) is 0.496. The molecule has 7 heteroatoms. The maximum absolute atomic E-state index is 11.1. The van der Waals surface area contributed by atoms with Gasteiger partial charge in [0.25, 0.3) is 5.91 Å². The van der Waals surface area contributed by atoms with E-state index in [-0.39, 0.29) is 5.76 Å². The Morgan fingerprint density at radius 3 is 2.69 bits per heavy atom. The van der Waals surface area contributed by atoms with Gasteiger partial charge in [0.05, 0.1) is 13.2 Å². The zero-order chi connectivity index (χ0) is 18.4. The number of para-hydroxylation sites is 1. The van der Waals surface area contributed by atoms with Crippen LogP contribution in [0.15, 0.2) is 45.8 Å². The molecule has 1 aromatic heterocycles. The lowest BCUT2D eigenvalue weighted by Gasteiger charge is -2.14. The summed E-state index contributed by atoms with van der Waals surface area (Å²) in [7, 11) is 1.70. The highest BCUT2D eigenvalue weighted by atomic mass is 16.5. The Bertz CT molecular complexity index is 781. The minimum atomic E-state index is -0.582. The van der Waals surface area contributed by atoms with E-state index in [0.717, 1.165) is 17.9 Å². The van der Waals surface area contributed by atoms with Gasteiger partial charge < -0.3 is 25.5 Å². The van der Waals surface area contributed by atoms with Crippen LogP contribution in [0.3, 0.4) is 0 Å². The number of nitrogens with two attached hydrogens (primary N) is 1. The second-order valence-corrected chi connectivity index (χ2v) is 6.27. The van der Waals surface area contributed by atoms with Crippen molar-refractivity contribution in [3.05, 3.63) is 53.5 Å². The van der Waals surface area contributed by atoms with Gasteiger partial charge >= 0.3 is 0 Å². The first-order valence-corrected chi connectivity index (χ1v) is 8.69. The van der Waals surface area contributed by atoms with E-state index in [1.54, 1.807) is 19.2 Å². The summed E-state index contributed by atoms with van der Waals surface area (Å²) in [5, 5.41) is 6.39. The number of amides is 1. The van der Waals surface area contributed by atoms with Gasteiger partial charge in [-0.1, -0.05) is 18.2 Å². The van der Waals surface area contributed by atoms with Crippen LogP contribution in [0.2, 0.25) is 0 Å². The van der Waals surface area contributed by atoms with E-state index in [0.29, 0.717) is 30.7 Å². The number of rotatable bonds is 8. The smallest absolute Gasteiger partial charge is 0.284 e. The number of primary amides is 1. The Balaban J connectivity index is 1.51. The van der Waals surface area contributed by atoms with Crippen LogP contribution in [0.4, 0.5) is 0 Å². The largest absolute Gasteiger partial charge is 0.493 e. The number of ether oxygens (including phenoxy) is 1. The third kappa shape index (κ3) is 5.02. The predicted octanol–water partition coefficient (Wildman–Crippen LogP) is 2.03. The van der Waals surface area contributed by atoms with Gasteiger partial charge in [-0.05, 0) is 37.0 Å². The fraction of sp³-hybridized carbons (Fsp3) is 0.368. The molecule has 4 N–H and O–H groups in total. The molecule has 1 aliphatic carbocycles. The molecule has 1 fully saturated rings. The summed E-state index contributed by atoms with van der Waals surface area (Å²) in [6.45, 7) is 1.77. The van der Waals surface area contributed by atoms with Crippen molar-refractivity contribution in [3.8, 4) is 5.75 Å². The highest BCUT2D eigenvalue weighted by molar-refractivity contribution is 5.89. The van der Waals surface area contributed by atoms with Crippen LogP contribution in [-0.2, 0) is 13.1 Å². The van der Waals surface area contributed by atoms with E-state index in [9.17, 15) is 4.79 Å². The summed E-state index contributed by atoms with van der Waals surface area (Å²) >= 11 is 0. The second-order valence-electron chi connectivity index (χ2n) is 6.27. The van der Waals surface area contributed by atoms with Gasteiger partial charge in [0.1, 0.15) is 11.5 Å². The Morgan fingerprint density at radius 1 is 1.23 bits per heavy atom. The van der Waals surface area contributed by atoms with Crippen molar-refractivity contribution in [2.45, 2.75) is 25.9 Å². The monoisotopic (exact) mass is 356 g/mol. The van der Waals surface area contributed by atoms with Crippen molar-refractivity contribution in [2.24, 2.45) is 16.6 Å². The molecule has 26 heavy (non-hydrogen) atoms. The third-order valence-corrected chi connectivity index (χ3v) is 4.15. The van der Waals surface area contributed by atoms with E-state index >= 15 is 0 Å². The molecule has 1 amide bonds. The Morgan fingerprint density at radius 2 is 2.00 bits per heavy atom. The molecule has 0 unspecified atom stereocenters. The van der Waals surface area contributed by atoms with Gasteiger partial charge in [-0.15, -0.1) is 0 Å². The van der Waals surface area contributed by atoms with Gasteiger partial charge in [0.2, 0.25) is 0 Å². The van der Waals surface area contributed by atoms with Gasteiger partial charge in [0.15, 0.2) is 11.7 Å². The average molecular weight is 356 g/mol. The van der Waals surface area contributed by atoms with E-state index in [4.69, 9.17) is 14.9 Å². The summed E-state index contributed by atoms with van der Waals surface area (Å²) in [5.41, 5.74) is 6.26. The lowest BCUT2D eigenvalue weighted by Crippen LogP contribution is -2.36. The van der Waals surface area contributed by atoms with Crippen LogP contribution in [0, 0.1) is 5.92 Å². The summed E-state index contributed by atoms with van der Waals surface area (Å²) in [5.74, 6) is 2.41. The van der Waals surface area contributed by atoms with Crippen molar-refractivity contribution in [3.63, 3.8) is 0 Å². The lowest BCUT2D eigenvalue weighted by molar-refractivity contribution is 0.0972. The molecule has 0 atom stereocenters. The van der Waals surface area contributed by atoms with Gasteiger partial charge in [-0.2, -0.15) is 0 Å². The molecule has 0 radical (unpaired) electrons. The molecule has 1 aliphatic rings. The molecule has 1 heterocycles. The highest BCUT2D eigenvalue weighted by Gasteiger charge is 2.22. The topological polar surface area (TPSA) is 102 Å². The minimum Gasteiger partial charge on any atom is -0.493 e. The number of nitrogens with one attached hydrogen (secondary N) is 2. The van der Waals surface area contributed by atoms with Crippen LogP contribution in [0.25, 0.3) is 0 Å². The third-order valence-electron chi connectivity index (χ3n) is 4.15. The van der Waals surface area contributed by atoms with Gasteiger partial charge in [-0.3, -0.25) is 9.79 Å². The van der Waals surface area contributed by atoms with Crippen molar-refractivity contribution >= 4 is 11.9 Å². The first-order valence-electron chi connectivity index (χ1n) is 8.69. The number of hydrogen-bond donors (Lipinski definition) is 3. The molecule has 1 saturated carbocycles. The molecule has 138 valence electrons. The van der Waals surface area contributed by atoms with Crippen LogP contribution < -0.4 is 21.1 Å². The number of benzene rings is 1. The summed E-state index contributed by atoms with van der Waals surface area (Å²) in [6, 6.07) is 11.3. The summed E-state index contributed by atoms with van der Waals surface area (Å²) in [6.07, 6.45) is 2.53. The van der Waals surface area contributed by atoms with Gasteiger partial charge in [-0.25, -0.2) is 0 Å². The highest BCUT2D eigenvalue weighted by Crippen LogP contribution is 2.30. The molecule has 0 saturated heterocycles. The number of carbonyl (C=O) groups excluding carboxylic acids is 1. The number of hydrogen-bond acceptors (Lipinski definition) is 4. The number of guanidine groups is 1. The Labute approximate surface area is 152 Å². The number of carbonyl (C=O) groups is 1. The molecule has 7 nitrogen and oxygen atoms in total. The predicted molar refractivity (Wildman–Crippen MR) is 98.9 cm³/mol. The fourth-order valence-electron chi connectivity index (χ4n) is 2.46. The number of nitrogens with zero attached hydrogens (tertiary/aromatic N) is 1. The average Bonchev–Trinajstić information content (AvgIpc) is 3.36. The zero-order valence-corrected chi connectivity index (χ0v) is 14.8. The standard InChI is InChI=1S/C19H24N4O3/c1-21-19(23-11-15-8-9-17(26-15)18(20)24)22-10-14-4-2-3-5-16(14)25-12-13-6-7-13/h2-5,8-9,13H,6-7,10-12H2,1H3,(H2,20,24)(H2,21,22,23). The van der Waals surface area contributed by atoms with Gasteiger partial charge in [0, 0.05) is 19.2 Å². The molecule has 2 aromatic rings. The molecular formula is C19H24N4O3. The van der Waals surface area contributed by atoms with Crippen molar-refractivity contribution in [1.82, 2.24) is 10.6 Å². The molecule has 3 rings (SSSR count). The van der Waals surface area contributed by atoms with E-state index < -0.39 is 5.91 Å². The van der Waals surface area contributed by atoms with Crippen LogP contribution in [-0.4, -0.2) is 25.5 Å². The SMILES string of the molecule is CN=C(NCc1ccc(C(N)=O)o1)NCc1ccccc1OCC1CC1. The van der Waals surface area contributed by atoms with Crippen molar-refractivity contribution in [2.75, 3.05) is 13.7 Å².